The van der Waals surface area contributed by atoms with E-state index in [2.05, 4.69) is 12.3 Å². The molecule has 0 aromatic heterocycles. The molecular formula is C9H22N2O2S. The zero-order valence-electron chi connectivity index (χ0n) is 9.12. The van der Waals surface area contributed by atoms with Gasteiger partial charge in [-0.2, -0.15) is 0 Å². The lowest BCUT2D eigenvalue weighted by atomic mass is 10.1. The van der Waals surface area contributed by atoms with Gasteiger partial charge < -0.3 is 0 Å². The van der Waals surface area contributed by atoms with Gasteiger partial charge in [0.2, 0.25) is 0 Å². The first-order valence-electron chi connectivity index (χ1n) is 5.22. The molecule has 0 aliphatic rings. The lowest BCUT2D eigenvalue weighted by Gasteiger charge is -2.14. The molecule has 14 heavy (non-hydrogen) atoms. The van der Waals surface area contributed by atoms with Crippen LogP contribution in [-0.2, 0) is 9.84 Å². The first-order chi connectivity index (χ1) is 6.55. The molecule has 0 spiro atoms. The van der Waals surface area contributed by atoms with Gasteiger partial charge in [-0.1, -0.05) is 20.3 Å². The van der Waals surface area contributed by atoms with Crippen LogP contribution in [-0.4, -0.2) is 26.0 Å². The van der Waals surface area contributed by atoms with Gasteiger partial charge >= 0.3 is 0 Å². The summed E-state index contributed by atoms with van der Waals surface area (Å²) in [6.45, 7) is 3.77. The quantitative estimate of drug-likeness (QED) is 0.471. The van der Waals surface area contributed by atoms with Crippen LogP contribution in [0, 0.1) is 0 Å². The van der Waals surface area contributed by atoms with Crippen LogP contribution in [0.5, 0.6) is 0 Å². The van der Waals surface area contributed by atoms with E-state index in [4.69, 9.17) is 5.84 Å². The van der Waals surface area contributed by atoms with Crippen molar-refractivity contribution < 1.29 is 8.42 Å². The lowest BCUT2D eigenvalue weighted by molar-refractivity contribution is 0.454. The highest BCUT2D eigenvalue weighted by Crippen LogP contribution is 2.05. The van der Waals surface area contributed by atoms with E-state index >= 15 is 0 Å². The average molecular weight is 222 g/mol. The molecule has 0 rings (SSSR count). The predicted octanol–water partition coefficient (Wildman–Crippen LogP) is 0.833. The lowest BCUT2D eigenvalue weighted by Crippen LogP contribution is -2.35. The van der Waals surface area contributed by atoms with Gasteiger partial charge in [0.05, 0.1) is 5.75 Å². The van der Waals surface area contributed by atoms with E-state index in [1.54, 1.807) is 6.92 Å². The zero-order chi connectivity index (χ0) is 11.0. The van der Waals surface area contributed by atoms with E-state index in [-0.39, 0.29) is 17.5 Å². The number of sulfone groups is 1. The molecule has 86 valence electrons. The largest absolute Gasteiger partial charge is 0.271 e. The van der Waals surface area contributed by atoms with E-state index in [9.17, 15) is 8.42 Å². The van der Waals surface area contributed by atoms with Crippen LogP contribution in [0.1, 0.15) is 39.5 Å². The van der Waals surface area contributed by atoms with Crippen LogP contribution in [0.15, 0.2) is 0 Å². The molecule has 5 heteroatoms. The summed E-state index contributed by atoms with van der Waals surface area (Å²) >= 11 is 0. The highest BCUT2D eigenvalue weighted by Gasteiger charge is 2.10. The van der Waals surface area contributed by atoms with Crippen molar-refractivity contribution in [3.63, 3.8) is 0 Å². The van der Waals surface area contributed by atoms with E-state index in [0.29, 0.717) is 6.42 Å². The third-order valence-corrected chi connectivity index (χ3v) is 4.11. The Morgan fingerprint density at radius 3 is 2.36 bits per heavy atom. The first-order valence-corrected chi connectivity index (χ1v) is 7.04. The van der Waals surface area contributed by atoms with Gasteiger partial charge in [-0.25, -0.2) is 8.42 Å². The molecule has 0 heterocycles. The molecule has 4 nitrogen and oxygen atoms in total. The normalized spacial score (nSPS) is 14.2. The van der Waals surface area contributed by atoms with Crippen LogP contribution in [0.2, 0.25) is 0 Å². The predicted molar refractivity (Wildman–Crippen MR) is 59.6 cm³/mol. The van der Waals surface area contributed by atoms with Crippen molar-refractivity contribution in [1.82, 2.24) is 5.43 Å². The van der Waals surface area contributed by atoms with E-state index < -0.39 is 9.84 Å². The molecule has 0 aromatic rings. The molecule has 0 aliphatic heterocycles. The maximum atomic E-state index is 11.2. The van der Waals surface area contributed by atoms with Gasteiger partial charge in [-0.3, -0.25) is 11.3 Å². The molecule has 3 N–H and O–H groups in total. The number of nitrogens with one attached hydrogen (secondary N) is 1. The van der Waals surface area contributed by atoms with Gasteiger partial charge in [0.15, 0.2) is 0 Å². The highest BCUT2D eigenvalue weighted by molar-refractivity contribution is 7.91. The summed E-state index contributed by atoms with van der Waals surface area (Å²) in [6.07, 6.45) is 3.60. The van der Waals surface area contributed by atoms with Crippen LogP contribution >= 0.6 is 0 Å². The summed E-state index contributed by atoms with van der Waals surface area (Å²) in [7, 11) is -2.81. The summed E-state index contributed by atoms with van der Waals surface area (Å²) in [5.41, 5.74) is 2.71. The van der Waals surface area contributed by atoms with Crippen LogP contribution in [0.3, 0.4) is 0 Å². The number of hydrogen-bond donors (Lipinski definition) is 2. The van der Waals surface area contributed by atoms with Gasteiger partial charge in [-0.05, 0) is 19.3 Å². The monoisotopic (exact) mass is 222 g/mol. The smallest absolute Gasteiger partial charge is 0.150 e. The molecule has 0 aliphatic carbocycles. The molecular weight excluding hydrogens is 200 g/mol. The van der Waals surface area contributed by atoms with Gasteiger partial charge in [0, 0.05) is 11.8 Å². The van der Waals surface area contributed by atoms with Crippen LogP contribution in [0.25, 0.3) is 0 Å². The van der Waals surface area contributed by atoms with Gasteiger partial charge in [-0.15, -0.1) is 0 Å². The van der Waals surface area contributed by atoms with E-state index in [1.165, 1.54) is 0 Å². The van der Waals surface area contributed by atoms with Crippen molar-refractivity contribution in [2.24, 2.45) is 5.84 Å². The fourth-order valence-corrected chi connectivity index (χ4v) is 2.25. The minimum Gasteiger partial charge on any atom is -0.271 e. The maximum Gasteiger partial charge on any atom is 0.150 e. The summed E-state index contributed by atoms with van der Waals surface area (Å²) in [4.78, 5) is 0. The van der Waals surface area contributed by atoms with Crippen molar-refractivity contribution in [3.8, 4) is 0 Å². The first kappa shape index (κ1) is 13.9. The summed E-state index contributed by atoms with van der Waals surface area (Å²) in [6, 6.07) is 0.257. The summed E-state index contributed by atoms with van der Waals surface area (Å²) in [5.74, 6) is 5.86. The fourth-order valence-electron chi connectivity index (χ4n) is 1.35. The van der Waals surface area contributed by atoms with Crippen molar-refractivity contribution in [1.29, 1.82) is 0 Å². The van der Waals surface area contributed by atoms with Gasteiger partial charge in [0.1, 0.15) is 9.84 Å². The number of hydrazine groups is 1. The molecule has 0 radical (unpaired) electrons. The van der Waals surface area contributed by atoms with Crippen molar-refractivity contribution in [2.75, 3.05) is 11.5 Å². The third-order valence-electron chi connectivity index (χ3n) is 2.32. The second-order valence-corrected chi connectivity index (χ2v) is 6.00. The molecule has 0 saturated carbocycles. The third kappa shape index (κ3) is 6.34. The zero-order valence-corrected chi connectivity index (χ0v) is 9.94. The fraction of sp³-hybridized carbons (Fsp3) is 1.00. The molecule has 0 saturated heterocycles. The Balaban J connectivity index is 3.71. The second-order valence-electron chi connectivity index (χ2n) is 3.53. The Hall–Kier alpha value is -0.130. The number of nitrogens with two attached hydrogens (primary N) is 1. The van der Waals surface area contributed by atoms with Crippen molar-refractivity contribution in [2.45, 2.75) is 45.6 Å². The molecule has 0 bridgehead atoms. The minimum atomic E-state index is -2.81. The highest BCUT2D eigenvalue weighted by atomic mass is 32.2. The van der Waals surface area contributed by atoms with Crippen molar-refractivity contribution >= 4 is 9.84 Å². The Labute approximate surface area is 87.1 Å². The van der Waals surface area contributed by atoms with Gasteiger partial charge in [0.25, 0.3) is 0 Å². The van der Waals surface area contributed by atoms with Crippen LogP contribution < -0.4 is 11.3 Å². The Bertz CT molecular complexity index is 227. The Kier molecular flexibility index (Phi) is 7.13. The Morgan fingerprint density at radius 2 is 1.93 bits per heavy atom. The Morgan fingerprint density at radius 1 is 1.29 bits per heavy atom. The molecule has 1 atom stereocenters. The topological polar surface area (TPSA) is 72.2 Å². The minimum absolute atomic E-state index is 0.238. The average Bonchev–Trinajstić information content (AvgIpc) is 2.16. The van der Waals surface area contributed by atoms with E-state index in [0.717, 1.165) is 19.3 Å². The summed E-state index contributed by atoms with van der Waals surface area (Å²) in [5, 5.41) is 0. The standard InChI is InChI=1S/C9H22N2O2S/c1-3-6-9(11-10)7-5-8-14(12,13)4-2/h9,11H,3-8,10H2,1-2H3. The second kappa shape index (κ2) is 7.20. The number of hydrogen-bond acceptors (Lipinski definition) is 4. The SMILES string of the molecule is CCCC(CCCS(=O)(=O)CC)NN. The van der Waals surface area contributed by atoms with E-state index in [1.807, 2.05) is 0 Å². The number of rotatable bonds is 8. The van der Waals surface area contributed by atoms with Crippen molar-refractivity contribution in [3.05, 3.63) is 0 Å². The summed E-state index contributed by atoms with van der Waals surface area (Å²) < 4.78 is 22.4. The molecule has 0 fully saturated rings. The molecule has 1 unspecified atom stereocenters. The van der Waals surface area contributed by atoms with Crippen LogP contribution in [0.4, 0.5) is 0 Å². The molecule has 0 aromatic carbocycles. The maximum absolute atomic E-state index is 11.2. The molecule has 0 amide bonds.